The minimum atomic E-state index is -5.08. The van der Waals surface area contributed by atoms with E-state index in [1.807, 2.05) is 12.1 Å². The lowest BCUT2D eigenvalue weighted by atomic mass is 10.1. The predicted octanol–water partition coefficient (Wildman–Crippen LogP) is 0.688. The first-order valence-corrected chi connectivity index (χ1v) is 13.3. The molecule has 0 saturated carbocycles. The third kappa shape index (κ3) is 17.5. The fraction of sp³-hybridized carbons (Fsp3) is 0.357. The van der Waals surface area contributed by atoms with Crippen LogP contribution in [0.3, 0.4) is 0 Å². The number of ether oxygens (including phenoxy) is 2. The first-order chi connectivity index (χ1) is 21.2. The summed E-state index contributed by atoms with van der Waals surface area (Å²) < 4.78 is 42.3. The highest BCUT2D eigenvalue weighted by molar-refractivity contribution is 5.91. The summed E-state index contributed by atoms with van der Waals surface area (Å²) >= 11 is 0. The number of carbonyl (C=O) groups excluding carboxylic acids is 4. The molecular formula is C28H35F3N6O8. The Labute approximate surface area is 256 Å². The average Bonchev–Trinajstić information content (AvgIpc) is 3.00. The predicted molar refractivity (Wildman–Crippen MR) is 153 cm³/mol. The number of benzene rings is 2. The first-order valence-electron chi connectivity index (χ1n) is 13.3. The average molecular weight is 641 g/mol. The minimum absolute atomic E-state index is 0.00921. The van der Waals surface area contributed by atoms with Gasteiger partial charge in [-0.25, -0.2) is 9.59 Å². The van der Waals surface area contributed by atoms with Gasteiger partial charge in [-0.3, -0.25) is 19.8 Å². The van der Waals surface area contributed by atoms with Crippen molar-refractivity contribution in [3.05, 3.63) is 71.8 Å². The number of nitrogens with two attached hydrogens (primary N) is 2. The quantitative estimate of drug-likeness (QED) is 0.0619. The van der Waals surface area contributed by atoms with Crippen LogP contribution in [0.25, 0.3) is 0 Å². The van der Waals surface area contributed by atoms with Crippen LogP contribution in [-0.2, 0) is 46.7 Å². The summed E-state index contributed by atoms with van der Waals surface area (Å²) in [6.07, 6.45) is -4.75. The molecule has 0 heterocycles. The first kappa shape index (κ1) is 37.8. The fourth-order valence-electron chi connectivity index (χ4n) is 3.21. The third-order valence-corrected chi connectivity index (χ3v) is 5.47. The maximum Gasteiger partial charge on any atom is 0.490 e. The molecule has 0 spiro atoms. The SMILES string of the molecule is N=C(N)NCCCC(N)C(=O)NCC(=O)NC(CC(=O)OCc1ccccc1)C(=O)OCc1ccccc1.O=C(O)C(F)(F)F. The number of hydrogen-bond acceptors (Lipinski definition) is 9. The number of hydrogen-bond donors (Lipinski definition) is 7. The van der Waals surface area contributed by atoms with Crippen LogP contribution in [0.1, 0.15) is 30.4 Å². The Morgan fingerprint density at radius 1 is 0.889 bits per heavy atom. The highest BCUT2D eigenvalue weighted by atomic mass is 19.4. The molecule has 2 aromatic carbocycles. The number of carboxylic acids is 1. The zero-order valence-corrected chi connectivity index (χ0v) is 24.0. The summed E-state index contributed by atoms with van der Waals surface area (Å²) in [5.41, 5.74) is 12.5. The molecule has 2 aromatic rings. The third-order valence-electron chi connectivity index (χ3n) is 5.47. The topological polar surface area (TPSA) is 236 Å². The van der Waals surface area contributed by atoms with Crippen molar-refractivity contribution in [2.45, 2.75) is 50.7 Å². The van der Waals surface area contributed by atoms with Gasteiger partial charge in [-0.2, -0.15) is 13.2 Å². The monoisotopic (exact) mass is 640 g/mol. The van der Waals surface area contributed by atoms with Gasteiger partial charge in [0, 0.05) is 6.54 Å². The van der Waals surface area contributed by atoms with E-state index >= 15 is 0 Å². The van der Waals surface area contributed by atoms with Crippen LogP contribution in [0.15, 0.2) is 60.7 Å². The molecule has 2 amide bonds. The summed E-state index contributed by atoms with van der Waals surface area (Å²) in [4.78, 5) is 58.7. The molecule has 0 aliphatic carbocycles. The summed E-state index contributed by atoms with van der Waals surface area (Å²) in [6, 6.07) is 15.7. The molecule has 0 fully saturated rings. The van der Waals surface area contributed by atoms with Gasteiger partial charge in [0.1, 0.15) is 19.3 Å². The summed E-state index contributed by atoms with van der Waals surface area (Å²) in [5.74, 6) is -5.73. The maximum atomic E-state index is 12.7. The minimum Gasteiger partial charge on any atom is -0.475 e. The van der Waals surface area contributed by atoms with E-state index in [0.717, 1.165) is 11.1 Å². The molecule has 2 rings (SSSR count). The van der Waals surface area contributed by atoms with Crippen LogP contribution >= 0.6 is 0 Å². The summed E-state index contributed by atoms with van der Waals surface area (Å²) in [7, 11) is 0. The second kappa shape index (κ2) is 19.9. The van der Waals surface area contributed by atoms with Crippen molar-refractivity contribution in [1.82, 2.24) is 16.0 Å². The highest BCUT2D eigenvalue weighted by Crippen LogP contribution is 2.13. The van der Waals surface area contributed by atoms with Crippen molar-refractivity contribution in [1.29, 1.82) is 5.41 Å². The molecule has 14 nitrogen and oxygen atoms in total. The summed E-state index contributed by atoms with van der Waals surface area (Å²) in [6.45, 7) is -0.117. The Morgan fingerprint density at radius 2 is 1.40 bits per heavy atom. The smallest absolute Gasteiger partial charge is 0.475 e. The van der Waals surface area contributed by atoms with Gasteiger partial charge in [-0.1, -0.05) is 60.7 Å². The molecule has 0 aliphatic rings. The van der Waals surface area contributed by atoms with E-state index in [1.54, 1.807) is 48.5 Å². The zero-order chi connectivity index (χ0) is 33.8. The van der Waals surface area contributed by atoms with E-state index in [1.165, 1.54) is 0 Å². The van der Waals surface area contributed by atoms with Crippen LogP contribution in [0.5, 0.6) is 0 Å². The van der Waals surface area contributed by atoms with Gasteiger partial charge < -0.3 is 42.0 Å². The molecule has 45 heavy (non-hydrogen) atoms. The number of amides is 2. The van der Waals surface area contributed by atoms with Crippen LogP contribution in [-0.4, -0.2) is 72.1 Å². The van der Waals surface area contributed by atoms with Gasteiger partial charge in [0.2, 0.25) is 11.8 Å². The number of halogens is 3. The Kier molecular flexibility index (Phi) is 16.7. The second-order valence-corrected chi connectivity index (χ2v) is 9.17. The molecule has 0 saturated heterocycles. The standard InChI is InChI=1S/C26H34N6O6.C2HF3O2/c27-20(12-7-13-30-26(28)29)24(35)31-15-22(33)32-21(25(36)38-17-19-10-5-2-6-11-19)14-23(34)37-16-18-8-3-1-4-9-18;3-2(4,5)1(6)7/h1-6,8-11,20-21H,7,12-17,27H2,(H,31,35)(H,32,33)(H4,28,29,30);(H,6,7). The second-order valence-electron chi connectivity index (χ2n) is 9.17. The number of carboxylic acid groups (broad SMARTS) is 1. The molecule has 0 radical (unpaired) electrons. The Balaban J connectivity index is 0.00000129. The lowest BCUT2D eigenvalue weighted by molar-refractivity contribution is -0.192. The molecule has 0 aromatic heterocycles. The van der Waals surface area contributed by atoms with Crippen molar-refractivity contribution in [3.63, 3.8) is 0 Å². The molecule has 0 bridgehead atoms. The van der Waals surface area contributed by atoms with E-state index in [2.05, 4.69) is 16.0 Å². The van der Waals surface area contributed by atoms with Crippen LogP contribution in [0.4, 0.5) is 13.2 Å². The van der Waals surface area contributed by atoms with Gasteiger partial charge in [0.05, 0.1) is 19.0 Å². The van der Waals surface area contributed by atoms with E-state index in [9.17, 15) is 32.3 Å². The van der Waals surface area contributed by atoms with Gasteiger partial charge in [0.25, 0.3) is 0 Å². The lowest BCUT2D eigenvalue weighted by Gasteiger charge is -2.18. The molecule has 2 atom stereocenters. The van der Waals surface area contributed by atoms with Crippen molar-refractivity contribution in [3.8, 4) is 0 Å². The number of carbonyl (C=O) groups is 5. The maximum absolute atomic E-state index is 12.7. The van der Waals surface area contributed by atoms with E-state index in [0.29, 0.717) is 19.4 Å². The number of aliphatic carboxylic acids is 1. The van der Waals surface area contributed by atoms with Crippen LogP contribution in [0.2, 0.25) is 0 Å². The molecule has 246 valence electrons. The van der Waals surface area contributed by atoms with Gasteiger partial charge in [-0.05, 0) is 24.0 Å². The number of esters is 2. The number of nitrogens with one attached hydrogen (secondary N) is 4. The van der Waals surface area contributed by atoms with Gasteiger partial charge in [-0.15, -0.1) is 0 Å². The normalized spacial score (nSPS) is 11.8. The fourth-order valence-corrected chi connectivity index (χ4v) is 3.21. The number of rotatable bonds is 15. The largest absolute Gasteiger partial charge is 0.490 e. The van der Waals surface area contributed by atoms with Crippen molar-refractivity contribution in [2.24, 2.45) is 11.5 Å². The van der Waals surface area contributed by atoms with Gasteiger partial charge >= 0.3 is 24.1 Å². The van der Waals surface area contributed by atoms with Crippen LogP contribution in [0, 0.1) is 5.41 Å². The molecule has 17 heteroatoms. The zero-order valence-electron chi connectivity index (χ0n) is 24.0. The Bertz CT molecular complexity index is 1270. The molecular weight excluding hydrogens is 605 g/mol. The van der Waals surface area contributed by atoms with Crippen molar-refractivity contribution >= 4 is 35.7 Å². The van der Waals surface area contributed by atoms with Crippen molar-refractivity contribution in [2.75, 3.05) is 13.1 Å². The van der Waals surface area contributed by atoms with Crippen LogP contribution < -0.4 is 27.4 Å². The molecule has 0 aliphatic heterocycles. The Morgan fingerprint density at radius 3 is 1.89 bits per heavy atom. The van der Waals surface area contributed by atoms with Crippen molar-refractivity contribution < 1.29 is 51.7 Å². The van der Waals surface area contributed by atoms with E-state index in [4.69, 9.17) is 36.3 Å². The van der Waals surface area contributed by atoms with E-state index in [-0.39, 0.29) is 19.2 Å². The lowest BCUT2D eigenvalue weighted by Crippen LogP contribution is -2.49. The summed E-state index contributed by atoms with van der Waals surface area (Å²) in [5, 5.41) is 21.6. The Hall–Kier alpha value is -5.19. The molecule has 9 N–H and O–H groups in total. The molecule has 2 unspecified atom stereocenters. The van der Waals surface area contributed by atoms with Gasteiger partial charge in [0.15, 0.2) is 5.96 Å². The number of alkyl halides is 3. The van der Waals surface area contributed by atoms with E-state index < -0.39 is 60.9 Å². The highest BCUT2D eigenvalue weighted by Gasteiger charge is 2.38. The number of guanidine groups is 1.